The Hall–Kier alpha value is -1.35. The van der Waals surface area contributed by atoms with Crippen LogP contribution in [0.3, 0.4) is 0 Å². The van der Waals surface area contributed by atoms with Crippen molar-refractivity contribution in [2.75, 3.05) is 13.1 Å². The molecule has 1 aromatic carbocycles. The second kappa shape index (κ2) is 4.66. The average molecular weight is 218 g/mol. The number of carbonyl (C=O) groups is 1. The molecule has 0 bridgehead atoms. The predicted octanol–water partition coefficient (Wildman–Crippen LogP) is 1.35. The molecule has 86 valence electrons. The lowest BCUT2D eigenvalue weighted by atomic mass is 9.93. The molecule has 0 aromatic heterocycles. The van der Waals surface area contributed by atoms with Gasteiger partial charge in [-0.3, -0.25) is 4.79 Å². The van der Waals surface area contributed by atoms with E-state index < -0.39 is 0 Å². The Labute approximate surface area is 96.2 Å². The molecule has 1 heterocycles. The standard InChI is InChI=1S/C13H18N2O/c1-2-12(10-6-4-3-5-7-10)13(16)15-8-11(14)9-15/h3-7,11-12H,2,8-9,14H2,1H3. The van der Waals surface area contributed by atoms with Crippen molar-refractivity contribution in [1.82, 2.24) is 4.90 Å². The molecule has 1 saturated heterocycles. The molecule has 2 N–H and O–H groups in total. The van der Waals surface area contributed by atoms with Crippen molar-refractivity contribution in [3.05, 3.63) is 35.9 Å². The molecule has 2 rings (SSSR count). The lowest BCUT2D eigenvalue weighted by Gasteiger charge is -2.39. The molecule has 0 spiro atoms. The molecule has 0 aliphatic carbocycles. The number of rotatable bonds is 3. The smallest absolute Gasteiger partial charge is 0.230 e. The van der Waals surface area contributed by atoms with E-state index in [1.807, 2.05) is 35.2 Å². The zero-order valence-electron chi connectivity index (χ0n) is 9.60. The number of hydrogen-bond acceptors (Lipinski definition) is 2. The third kappa shape index (κ3) is 2.09. The van der Waals surface area contributed by atoms with Crippen LogP contribution < -0.4 is 5.73 Å². The van der Waals surface area contributed by atoms with Gasteiger partial charge in [-0.15, -0.1) is 0 Å². The molecule has 3 nitrogen and oxygen atoms in total. The van der Waals surface area contributed by atoms with Crippen LogP contribution >= 0.6 is 0 Å². The van der Waals surface area contributed by atoms with Gasteiger partial charge < -0.3 is 10.6 Å². The third-order valence-electron chi connectivity index (χ3n) is 3.13. The molecule has 0 saturated carbocycles. The van der Waals surface area contributed by atoms with Gasteiger partial charge in [-0.25, -0.2) is 0 Å². The van der Waals surface area contributed by atoms with E-state index in [-0.39, 0.29) is 17.9 Å². The van der Waals surface area contributed by atoms with Crippen molar-refractivity contribution in [2.24, 2.45) is 5.73 Å². The number of likely N-dealkylation sites (tertiary alicyclic amines) is 1. The summed E-state index contributed by atoms with van der Waals surface area (Å²) in [6.07, 6.45) is 0.842. The Morgan fingerprint density at radius 1 is 1.44 bits per heavy atom. The topological polar surface area (TPSA) is 46.3 Å². The largest absolute Gasteiger partial charge is 0.339 e. The summed E-state index contributed by atoms with van der Waals surface area (Å²) in [6.45, 7) is 3.47. The first-order valence-corrected chi connectivity index (χ1v) is 5.81. The van der Waals surface area contributed by atoms with Gasteiger partial charge in [-0.05, 0) is 12.0 Å². The number of amides is 1. The zero-order valence-corrected chi connectivity index (χ0v) is 9.60. The summed E-state index contributed by atoms with van der Waals surface area (Å²) in [5.74, 6) is 0.212. The number of hydrogen-bond donors (Lipinski definition) is 1. The summed E-state index contributed by atoms with van der Waals surface area (Å²) in [7, 11) is 0. The Morgan fingerprint density at radius 3 is 2.56 bits per heavy atom. The van der Waals surface area contributed by atoms with E-state index >= 15 is 0 Å². The first kappa shape index (κ1) is 11.1. The predicted molar refractivity (Wildman–Crippen MR) is 64.0 cm³/mol. The lowest BCUT2D eigenvalue weighted by molar-refractivity contribution is -0.137. The van der Waals surface area contributed by atoms with Crippen molar-refractivity contribution in [3.63, 3.8) is 0 Å². The highest BCUT2D eigenvalue weighted by Gasteiger charge is 2.32. The van der Waals surface area contributed by atoms with Crippen LogP contribution in [0.5, 0.6) is 0 Å². The summed E-state index contributed by atoms with van der Waals surface area (Å²) < 4.78 is 0. The Balaban J connectivity index is 2.08. The van der Waals surface area contributed by atoms with Crippen molar-refractivity contribution in [1.29, 1.82) is 0 Å². The second-order valence-electron chi connectivity index (χ2n) is 4.37. The minimum absolute atomic E-state index is 0.00583. The minimum atomic E-state index is -0.00583. The van der Waals surface area contributed by atoms with Crippen molar-refractivity contribution in [3.8, 4) is 0 Å². The molecule has 1 atom stereocenters. The summed E-state index contributed by atoms with van der Waals surface area (Å²) in [5.41, 5.74) is 6.80. The third-order valence-corrected chi connectivity index (χ3v) is 3.13. The maximum atomic E-state index is 12.2. The molecule has 0 radical (unpaired) electrons. The van der Waals surface area contributed by atoms with Crippen LogP contribution in [0.1, 0.15) is 24.8 Å². The van der Waals surface area contributed by atoms with Gasteiger partial charge >= 0.3 is 0 Å². The normalized spacial score (nSPS) is 18.0. The molecule has 1 amide bonds. The quantitative estimate of drug-likeness (QED) is 0.832. The summed E-state index contributed by atoms with van der Waals surface area (Å²) >= 11 is 0. The maximum absolute atomic E-state index is 12.2. The minimum Gasteiger partial charge on any atom is -0.339 e. The van der Waals surface area contributed by atoms with Crippen LogP contribution in [-0.2, 0) is 4.79 Å². The number of carbonyl (C=O) groups excluding carboxylic acids is 1. The molecule has 1 aliphatic heterocycles. The Bertz CT molecular complexity index is 357. The van der Waals surface area contributed by atoms with E-state index in [2.05, 4.69) is 6.92 Å². The highest BCUT2D eigenvalue weighted by molar-refractivity contribution is 5.84. The van der Waals surface area contributed by atoms with Crippen LogP contribution in [0, 0.1) is 0 Å². The van der Waals surface area contributed by atoms with Crippen LogP contribution in [-0.4, -0.2) is 29.9 Å². The second-order valence-corrected chi connectivity index (χ2v) is 4.37. The molecule has 16 heavy (non-hydrogen) atoms. The van der Waals surface area contributed by atoms with Gasteiger partial charge in [-0.2, -0.15) is 0 Å². The number of nitrogens with zero attached hydrogens (tertiary/aromatic N) is 1. The molecular weight excluding hydrogens is 200 g/mol. The van der Waals surface area contributed by atoms with Gasteiger partial charge in [-0.1, -0.05) is 37.3 Å². The molecule has 1 aliphatic rings. The number of nitrogens with two attached hydrogens (primary N) is 1. The van der Waals surface area contributed by atoms with Gasteiger partial charge in [0.15, 0.2) is 0 Å². The van der Waals surface area contributed by atoms with Gasteiger partial charge in [0.25, 0.3) is 0 Å². The van der Waals surface area contributed by atoms with Gasteiger partial charge in [0.1, 0.15) is 0 Å². The van der Waals surface area contributed by atoms with Crippen LogP contribution in [0.4, 0.5) is 0 Å². The van der Waals surface area contributed by atoms with Gasteiger partial charge in [0, 0.05) is 19.1 Å². The average Bonchev–Trinajstić information content (AvgIpc) is 2.27. The van der Waals surface area contributed by atoms with Crippen molar-refractivity contribution >= 4 is 5.91 Å². The first-order valence-electron chi connectivity index (χ1n) is 5.81. The highest BCUT2D eigenvalue weighted by Crippen LogP contribution is 2.23. The van der Waals surface area contributed by atoms with Crippen LogP contribution in [0.15, 0.2) is 30.3 Å². The van der Waals surface area contributed by atoms with E-state index in [4.69, 9.17) is 5.73 Å². The fourth-order valence-electron chi connectivity index (χ4n) is 2.15. The molecule has 1 fully saturated rings. The van der Waals surface area contributed by atoms with Crippen molar-refractivity contribution < 1.29 is 4.79 Å². The van der Waals surface area contributed by atoms with E-state index in [0.29, 0.717) is 13.1 Å². The van der Waals surface area contributed by atoms with E-state index in [1.165, 1.54) is 0 Å². The first-order chi connectivity index (χ1) is 7.72. The van der Waals surface area contributed by atoms with Gasteiger partial charge in [0.2, 0.25) is 5.91 Å². The summed E-state index contributed by atoms with van der Waals surface area (Å²) in [6, 6.07) is 10.1. The highest BCUT2D eigenvalue weighted by atomic mass is 16.2. The molecule has 1 unspecified atom stereocenters. The Morgan fingerprint density at radius 2 is 2.06 bits per heavy atom. The van der Waals surface area contributed by atoms with E-state index in [0.717, 1.165) is 12.0 Å². The zero-order chi connectivity index (χ0) is 11.5. The summed E-state index contributed by atoms with van der Waals surface area (Å²) in [4.78, 5) is 14.0. The molecule has 3 heteroatoms. The lowest BCUT2D eigenvalue weighted by Crippen LogP contribution is -2.58. The van der Waals surface area contributed by atoms with Crippen molar-refractivity contribution in [2.45, 2.75) is 25.3 Å². The van der Waals surface area contributed by atoms with E-state index in [9.17, 15) is 4.79 Å². The van der Waals surface area contributed by atoms with E-state index in [1.54, 1.807) is 0 Å². The number of benzene rings is 1. The monoisotopic (exact) mass is 218 g/mol. The maximum Gasteiger partial charge on any atom is 0.230 e. The molecular formula is C13H18N2O. The molecule has 1 aromatic rings. The Kier molecular flexibility index (Phi) is 3.25. The van der Waals surface area contributed by atoms with Crippen LogP contribution in [0.2, 0.25) is 0 Å². The van der Waals surface area contributed by atoms with Gasteiger partial charge in [0.05, 0.1) is 5.92 Å². The van der Waals surface area contributed by atoms with Crippen LogP contribution in [0.25, 0.3) is 0 Å². The summed E-state index contributed by atoms with van der Waals surface area (Å²) in [5, 5.41) is 0. The SMILES string of the molecule is CCC(C(=O)N1CC(N)C1)c1ccccc1. The fraction of sp³-hybridized carbons (Fsp3) is 0.462. The fourth-order valence-corrected chi connectivity index (χ4v) is 2.15.